The molecule has 0 amide bonds. The predicted octanol–water partition coefficient (Wildman–Crippen LogP) is 17.6. The topological polar surface area (TPSA) is 0 Å². The van der Waals surface area contributed by atoms with Crippen LogP contribution in [0.5, 0.6) is 0 Å². The van der Waals surface area contributed by atoms with E-state index < -0.39 is 0 Å². The first-order valence-corrected chi connectivity index (χ1v) is 21.8. The minimum absolute atomic E-state index is 1.13. The highest BCUT2D eigenvalue weighted by Gasteiger charge is 1.96. The molecule has 0 atom stereocenters. The molecule has 0 heterocycles. The Labute approximate surface area is 304 Å². The summed E-state index contributed by atoms with van der Waals surface area (Å²) in [6.45, 7) is 5.98. The van der Waals surface area contributed by atoms with Crippen LogP contribution in [0, 0.1) is 0 Å². The van der Waals surface area contributed by atoms with Gasteiger partial charge in [-0.2, -0.15) is 0 Å². The lowest BCUT2D eigenvalue weighted by atomic mass is 10.0. The maximum Gasteiger partial charge on any atom is -0.0169 e. The van der Waals surface area contributed by atoms with Gasteiger partial charge in [-0.1, -0.05) is 241 Å². The summed E-state index contributed by atoms with van der Waals surface area (Å²) in [5.41, 5.74) is 0. The second kappa shape index (κ2) is 45.4. The number of hydrogen-bond donors (Lipinski definition) is 0. The fourth-order valence-corrected chi connectivity index (χ4v) is 6.49. The fraction of sp³-hybridized carbons (Fsp3) is 0.750. The average Bonchev–Trinajstić information content (AvgIpc) is 3.10. The van der Waals surface area contributed by atoms with Crippen LogP contribution in [0.4, 0.5) is 0 Å². The molecule has 0 radical (unpaired) electrons. The summed E-state index contributed by atoms with van der Waals surface area (Å²) in [5.74, 6) is 0. The van der Waals surface area contributed by atoms with Gasteiger partial charge in [-0.25, -0.2) is 0 Å². The highest BCUT2D eigenvalue weighted by Crippen LogP contribution is 2.15. The van der Waals surface area contributed by atoms with Gasteiger partial charge in [0, 0.05) is 0 Å². The van der Waals surface area contributed by atoms with Crippen molar-refractivity contribution < 1.29 is 0 Å². The van der Waals surface area contributed by atoms with Crippen LogP contribution < -0.4 is 0 Å². The van der Waals surface area contributed by atoms with E-state index in [1.54, 1.807) is 0 Å². The molecule has 0 N–H and O–H groups in total. The number of unbranched alkanes of at least 4 members (excludes halogenated alkanes) is 31. The molecule has 0 saturated heterocycles. The lowest BCUT2D eigenvalue weighted by molar-refractivity contribution is 0.528. The normalized spacial score (nSPS) is 12.4. The first kappa shape index (κ1) is 46.4. The molecule has 0 aliphatic rings. The molecule has 0 nitrogen and oxygen atoms in total. The first-order valence-electron chi connectivity index (χ1n) is 21.8. The Hall–Kier alpha value is -1.56. The van der Waals surface area contributed by atoms with Crippen LogP contribution in [0.1, 0.15) is 232 Å². The third-order valence-electron chi connectivity index (χ3n) is 9.72. The van der Waals surface area contributed by atoms with Gasteiger partial charge in [0.25, 0.3) is 0 Å². The molecule has 0 fully saturated rings. The fourth-order valence-electron chi connectivity index (χ4n) is 6.49. The summed E-state index contributed by atoms with van der Waals surface area (Å²) in [7, 11) is 0. The molecule has 0 aliphatic heterocycles. The molecular weight excluding hydrogens is 577 g/mol. The Morgan fingerprint density at radius 3 is 0.812 bits per heavy atom. The molecule has 0 heteroatoms. The average molecular weight is 663 g/mol. The monoisotopic (exact) mass is 663 g/mol. The SMILES string of the molecule is C=C/C=C/CCCCCCCCCCCCCCCCCC/C=C/C/C=C/CCCCCCCCCCCCC/C=C/C=C/CCCC. The Morgan fingerprint density at radius 2 is 0.521 bits per heavy atom. The van der Waals surface area contributed by atoms with E-state index >= 15 is 0 Å². The molecule has 0 aromatic heterocycles. The van der Waals surface area contributed by atoms with Gasteiger partial charge in [-0.05, 0) is 64.2 Å². The van der Waals surface area contributed by atoms with E-state index in [2.05, 4.69) is 74.3 Å². The molecule has 0 aliphatic carbocycles. The van der Waals surface area contributed by atoms with Gasteiger partial charge in [0.2, 0.25) is 0 Å². The lowest BCUT2D eigenvalue weighted by Crippen LogP contribution is -1.83. The molecule has 0 aromatic carbocycles. The molecule has 0 unspecified atom stereocenters. The quantitative estimate of drug-likeness (QED) is 0.0348. The molecule has 0 saturated carbocycles. The summed E-state index contributed by atoms with van der Waals surface area (Å²) < 4.78 is 0. The van der Waals surface area contributed by atoms with Gasteiger partial charge in [-0.15, -0.1) is 0 Å². The second-order valence-corrected chi connectivity index (χ2v) is 14.5. The van der Waals surface area contributed by atoms with E-state index in [-0.39, 0.29) is 0 Å². The Balaban J connectivity index is 3.19. The first-order chi connectivity index (χ1) is 23.9. The van der Waals surface area contributed by atoms with Gasteiger partial charge in [0.1, 0.15) is 0 Å². The smallest absolute Gasteiger partial charge is 0.0169 e. The lowest BCUT2D eigenvalue weighted by Gasteiger charge is -2.03. The molecule has 0 bridgehead atoms. The van der Waals surface area contributed by atoms with E-state index in [1.807, 2.05) is 6.08 Å². The number of rotatable bonds is 40. The third-order valence-corrected chi connectivity index (χ3v) is 9.72. The maximum absolute atomic E-state index is 3.72. The number of allylic oxidation sites excluding steroid dienone is 11. The van der Waals surface area contributed by atoms with Crippen LogP contribution in [0.2, 0.25) is 0 Å². The molecule has 48 heavy (non-hydrogen) atoms. The second-order valence-electron chi connectivity index (χ2n) is 14.5. The molecule has 0 rings (SSSR count). The van der Waals surface area contributed by atoms with Gasteiger partial charge >= 0.3 is 0 Å². The van der Waals surface area contributed by atoms with Crippen molar-refractivity contribution in [3.63, 3.8) is 0 Å². The van der Waals surface area contributed by atoms with E-state index in [0.29, 0.717) is 0 Å². The number of hydrogen-bond acceptors (Lipinski definition) is 0. The third kappa shape index (κ3) is 44.4. The standard InChI is InChI=1S/C48H86/c1-3-5-7-9-11-13-15-17-19-21-23-25-27-29-31-33-35-37-39-41-43-45-47-48-46-44-42-40-38-36-34-32-30-28-26-24-22-20-18-16-14-12-10-8-6-4-2/h3,5,7,10,12,14,16,44-47H,1,4,6,8-9,11,13,15,17-43,48H2,2H3/b7-5+,12-10+,16-14+,46-44+,47-45+. The summed E-state index contributed by atoms with van der Waals surface area (Å²) in [4.78, 5) is 0. The largest absolute Gasteiger partial charge is 0.0991 e. The van der Waals surface area contributed by atoms with Crippen LogP contribution >= 0.6 is 0 Å². The summed E-state index contributed by atoms with van der Waals surface area (Å²) in [6, 6.07) is 0. The predicted molar refractivity (Wildman–Crippen MR) is 223 cm³/mol. The molecule has 0 aromatic rings. The summed E-state index contributed by atoms with van der Waals surface area (Å²) in [5, 5.41) is 0. The summed E-state index contributed by atoms with van der Waals surface area (Å²) in [6.07, 6.45) is 73.5. The van der Waals surface area contributed by atoms with Crippen molar-refractivity contribution in [3.05, 3.63) is 73.4 Å². The zero-order valence-electron chi connectivity index (χ0n) is 32.8. The zero-order chi connectivity index (χ0) is 34.5. The van der Waals surface area contributed by atoms with Crippen LogP contribution in [0.25, 0.3) is 0 Å². The van der Waals surface area contributed by atoms with E-state index in [9.17, 15) is 0 Å². The van der Waals surface area contributed by atoms with Crippen LogP contribution in [-0.4, -0.2) is 0 Å². The Morgan fingerprint density at radius 1 is 0.271 bits per heavy atom. The maximum atomic E-state index is 3.72. The Kier molecular flexibility index (Phi) is 44.0. The summed E-state index contributed by atoms with van der Waals surface area (Å²) >= 11 is 0. The Bertz CT molecular complexity index is 731. The van der Waals surface area contributed by atoms with Crippen molar-refractivity contribution in [3.8, 4) is 0 Å². The highest BCUT2D eigenvalue weighted by molar-refractivity contribution is 5.02. The highest BCUT2D eigenvalue weighted by atomic mass is 14.0. The van der Waals surface area contributed by atoms with Crippen molar-refractivity contribution in [1.29, 1.82) is 0 Å². The molecule has 278 valence electrons. The van der Waals surface area contributed by atoms with E-state index in [0.717, 1.165) is 6.42 Å². The van der Waals surface area contributed by atoms with Gasteiger partial charge in [-0.3, -0.25) is 0 Å². The zero-order valence-corrected chi connectivity index (χ0v) is 32.8. The van der Waals surface area contributed by atoms with Crippen molar-refractivity contribution in [2.75, 3.05) is 0 Å². The van der Waals surface area contributed by atoms with Crippen LogP contribution in [-0.2, 0) is 0 Å². The molecule has 0 spiro atoms. The molecular formula is C48H86. The van der Waals surface area contributed by atoms with E-state index in [1.165, 1.54) is 218 Å². The van der Waals surface area contributed by atoms with Crippen molar-refractivity contribution in [1.82, 2.24) is 0 Å². The van der Waals surface area contributed by atoms with Gasteiger partial charge in [0.05, 0.1) is 0 Å². The minimum atomic E-state index is 1.13. The minimum Gasteiger partial charge on any atom is -0.0991 e. The van der Waals surface area contributed by atoms with Gasteiger partial charge in [0.15, 0.2) is 0 Å². The van der Waals surface area contributed by atoms with Crippen molar-refractivity contribution >= 4 is 0 Å². The van der Waals surface area contributed by atoms with Gasteiger partial charge < -0.3 is 0 Å². The van der Waals surface area contributed by atoms with E-state index in [4.69, 9.17) is 0 Å². The van der Waals surface area contributed by atoms with Crippen molar-refractivity contribution in [2.45, 2.75) is 232 Å². The van der Waals surface area contributed by atoms with Crippen LogP contribution in [0.3, 0.4) is 0 Å². The van der Waals surface area contributed by atoms with Crippen molar-refractivity contribution in [2.24, 2.45) is 0 Å². The van der Waals surface area contributed by atoms with Crippen LogP contribution in [0.15, 0.2) is 73.4 Å².